The minimum atomic E-state index is -0.497. The molecule has 0 radical (unpaired) electrons. The van der Waals surface area contributed by atoms with Gasteiger partial charge in [-0.25, -0.2) is 0 Å². The molecule has 0 saturated heterocycles. The molecule has 1 unspecified atom stereocenters. The number of nitrogens with zero attached hydrogens (tertiary/aromatic N) is 1. The molecular formula is C15H23NO3. The normalized spacial score (nSPS) is 15.3. The summed E-state index contributed by atoms with van der Waals surface area (Å²) in [6, 6.07) is 6.07. The van der Waals surface area contributed by atoms with Crippen molar-refractivity contribution >= 4 is 0 Å². The van der Waals surface area contributed by atoms with Gasteiger partial charge in [-0.15, -0.1) is 0 Å². The average molecular weight is 265 g/mol. The summed E-state index contributed by atoms with van der Waals surface area (Å²) in [6.45, 7) is 8.37. The van der Waals surface area contributed by atoms with Gasteiger partial charge in [0.25, 0.3) is 0 Å². The predicted molar refractivity (Wildman–Crippen MR) is 74.5 cm³/mol. The van der Waals surface area contributed by atoms with Gasteiger partial charge in [0, 0.05) is 12.6 Å². The first-order valence-corrected chi connectivity index (χ1v) is 6.93. The second kappa shape index (κ2) is 6.26. The Balaban J connectivity index is 2.04. The van der Waals surface area contributed by atoms with E-state index in [1.807, 2.05) is 18.2 Å². The summed E-state index contributed by atoms with van der Waals surface area (Å²) in [5.41, 5.74) is 0.881. The van der Waals surface area contributed by atoms with E-state index in [2.05, 4.69) is 25.7 Å². The van der Waals surface area contributed by atoms with Gasteiger partial charge in [0.15, 0.2) is 11.5 Å². The van der Waals surface area contributed by atoms with E-state index in [4.69, 9.17) is 9.47 Å². The van der Waals surface area contributed by atoms with Crippen molar-refractivity contribution in [3.63, 3.8) is 0 Å². The Bertz CT molecular complexity index is 420. The molecule has 2 rings (SSSR count). The SMILES string of the molecule is CCCN(CC(O)c1ccc2c(c1)OCO2)C(C)C. The molecule has 1 atom stereocenters. The van der Waals surface area contributed by atoms with E-state index in [0.717, 1.165) is 30.0 Å². The van der Waals surface area contributed by atoms with Crippen LogP contribution in [0.4, 0.5) is 0 Å². The van der Waals surface area contributed by atoms with E-state index in [1.54, 1.807) is 0 Å². The second-order valence-corrected chi connectivity index (χ2v) is 5.22. The van der Waals surface area contributed by atoms with Crippen LogP contribution in [0.2, 0.25) is 0 Å². The first-order chi connectivity index (χ1) is 9.11. The molecule has 1 aromatic rings. The van der Waals surface area contributed by atoms with Crippen molar-refractivity contribution in [1.29, 1.82) is 0 Å². The topological polar surface area (TPSA) is 41.9 Å². The number of hydrogen-bond acceptors (Lipinski definition) is 4. The van der Waals surface area contributed by atoms with E-state index in [-0.39, 0.29) is 6.79 Å². The lowest BCUT2D eigenvalue weighted by molar-refractivity contribution is 0.0953. The van der Waals surface area contributed by atoms with E-state index >= 15 is 0 Å². The number of aliphatic hydroxyl groups excluding tert-OH is 1. The molecule has 0 fully saturated rings. The van der Waals surface area contributed by atoms with Gasteiger partial charge in [-0.1, -0.05) is 13.0 Å². The quantitative estimate of drug-likeness (QED) is 0.858. The Labute approximate surface area is 114 Å². The minimum absolute atomic E-state index is 0.267. The lowest BCUT2D eigenvalue weighted by atomic mass is 10.1. The molecule has 0 bridgehead atoms. The van der Waals surface area contributed by atoms with E-state index < -0.39 is 6.10 Å². The molecule has 0 aliphatic carbocycles. The highest BCUT2D eigenvalue weighted by atomic mass is 16.7. The molecule has 1 aliphatic heterocycles. The van der Waals surface area contributed by atoms with Gasteiger partial charge in [0.05, 0.1) is 6.10 Å². The molecule has 1 aromatic carbocycles. The summed E-state index contributed by atoms with van der Waals surface area (Å²) in [7, 11) is 0. The standard InChI is InChI=1S/C15H23NO3/c1-4-7-16(11(2)3)9-13(17)12-5-6-14-15(8-12)19-10-18-14/h5-6,8,11,13,17H,4,7,9-10H2,1-3H3. The zero-order valence-electron chi connectivity index (χ0n) is 11.9. The largest absolute Gasteiger partial charge is 0.454 e. The van der Waals surface area contributed by atoms with Crippen LogP contribution in [0.5, 0.6) is 11.5 Å². The van der Waals surface area contributed by atoms with Crippen LogP contribution >= 0.6 is 0 Å². The second-order valence-electron chi connectivity index (χ2n) is 5.22. The first kappa shape index (κ1) is 14.2. The van der Waals surface area contributed by atoms with Crippen molar-refractivity contribution in [2.75, 3.05) is 19.9 Å². The van der Waals surface area contributed by atoms with Gasteiger partial charge in [0.1, 0.15) is 0 Å². The van der Waals surface area contributed by atoms with Crippen molar-refractivity contribution in [2.45, 2.75) is 39.3 Å². The maximum Gasteiger partial charge on any atom is 0.231 e. The summed E-state index contributed by atoms with van der Waals surface area (Å²) in [5, 5.41) is 10.4. The van der Waals surface area contributed by atoms with Crippen LogP contribution in [0.1, 0.15) is 38.9 Å². The van der Waals surface area contributed by atoms with Crippen molar-refractivity contribution in [3.05, 3.63) is 23.8 Å². The van der Waals surface area contributed by atoms with E-state index in [9.17, 15) is 5.11 Å². The first-order valence-electron chi connectivity index (χ1n) is 6.93. The molecule has 4 heteroatoms. The molecule has 1 heterocycles. The van der Waals surface area contributed by atoms with Crippen LogP contribution in [-0.4, -0.2) is 35.9 Å². The molecule has 1 N–H and O–H groups in total. The summed E-state index contributed by atoms with van der Waals surface area (Å²) >= 11 is 0. The van der Waals surface area contributed by atoms with Gasteiger partial charge in [-0.2, -0.15) is 0 Å². The summed E-state index contributed by atoms with van der Waals surface area (Å²) in [6.07, 6.45) is 0.593. The Morgan fingerprint density at radius 3 is 2.68 bits per heavy atom. The Hall–Kier alpha value is -1.26. The van der Waals surface area contributed by atoms with Crippen LogP contribution in [0.25, 0.3) is 0 Å². The predicted octanol–water partition coefficient (Wildman–Crippen LogP) is 2.57. The molecule has 1 aliphatic rings. The highest BCUT2D eigenvalue weighted by Gasteiger charge is 2.19. The number of fused-ring (bicyclic) bond motifs is 1. The zero-order valence-corrected chi connectivity index (χ0v) is 11.9. The summed E-state index contributed by atoms with van der Waals surface area (Å²) in [4.78, 5) is 2.29. The van der Waals surface area contributed by atoms with Crippen molar-refractivity contribution in [1.82, 2.24) is 4.90 Å². The summed E-state index contributed by atoms with van der Waals surface area (Å²) in [5.74, 6) is 1.48. The fourth-order valence-electron chi connectivity index (χ4n) is 2.30. The third kappa shape index (κ3) is 3.39. The molecule has 4 nitrogen and oxygen atoms in total. The van der Waals surface area contributed by atoms with Crippen LogP contribution < -0.4 is 9.47 Å². The Morgan fingerprint density at radius 1 is 1.26 bits per heavy atom. The molecule has 19 heavy (non-hydrogen) atoms. The molecular weight excluding hydrogens is 242 g/mol. The smallest absolute Gasteiger partial charge is 0.231 e. The maximum absolute atomic E-state index is 10.4. The van der Waals surface area contributed by atoms with Crippen molar-refractivity contribution in [3.8, 4) is 11.5 Å². The third-order valence-electron chi connectivity index (χ3n) is 3.43. The fraction of sp³-hybridized carbons (Fsp3) is 0.600. The molecule has 0 amide bonds. The Morgan fingerprint density at radius 2 is 2.00 bits per heavy atom. The number of aliphatic hydroxyl groups is 1. The van der Waals surface area contributed by atoms with Gasteiger partial charge in [-0.05, 0) is 44.5 Å². The average Bonchev–Trinajstić information content (AvgIpc) is 2.85. The molecule has 0 spiro atoms. The number of hydrogen-bond donors (Lipinski definition) is 1. The van der Waals surface area contributed by atoms with Crippen LogP contribution in [0.15, 0.2) is 18.2 Å². The van der Waals surface area contributed by atoms with Crippen molar-refractivity contribution < 1.29 is 14.6 Å². The van der Waals surface area contributed by atoms with Gasteiger partial charge >= 0.3 is 0 Å². The van der Waals surface area contributed by atoms with Gasteiger partial charge in [-0.3, -0.25) is 4.90 Å². The number of benzene rings is 1. The van der Waals surface area contributed by atoms with Gasteiger partial charge in [0.2, 0.25) is 6.79 Å². The van der Waals surface area contributed by atoms with E-state index in [0.29, 0.717) is 12.6 Å². The number of rotatable bonds is 6. The van der Waals surface area contributed by atoms with Crippen LogP contribution in [0.3, 0.4) is 0 Å². The van der Waals surface area contributed by atoms with Crippen LogP contribution in [0, 0.1) is 0 Å². The fourth-order valence-corrected chi connectivity index (χ4v) is 2.30. The maximum atomic E-state index is 10.4. The van der Waals surface area contributed by atoms with Crippen LogP contribution in [-0.2, 0) is 0 Å². The van der Waals surface area contributed by atoms with E-state index in [1.165, 1.54) is 0 Å². The zero-order chi connectivity index (χ0) is 13.8. The Kier molecular flexibility index (Phi) is 4.66. The lowest BCUT2D eigenvalue weighted by Gasteiger charge is -2.28. The molecule has 0 aromatic heterocycles. The van der Waals surface area contributed by atoms with Gasteiger partial charge < -0.3 is 14.6 Å². The monoisotopic (exact) mass is 265 g/mol. The number of ether oxygens (including phenoxy) is 2. The van der Waals surface area contributed by atoms with Crippen molar-refractivity contribution in [2.24, 2.45) is 0 Å². The lowest BCUT2D eigenvalue weighted by Crippen LogP contribution is -2.35. The third-order valence-corrected chi connectivity index (χ3v) is 3.43. The summed E-state index contributed by atoms with van der Waals surface area (Å²) < 4.78 is 10.6. The molecule has 106 valence electrons. The highest BCUT2D eigenvalue weighted by molar-refractivity contribution is 5.45. The minimum Gasteiger partial charge on any atom is -0.454 e. The highest BCUT2D eigenvalue weighted by Crippen LogP contribution is 2.34. The molecule has 0 saturated carbocycles.